The fourth-order valence-electron chi connectivity index (χ4n) is 3.62. The van der Waals surface area contributed by atoms with Gasteiger partial charge in [-0.3, -0.25) is 4.98 Å². The molecular weight excluding hydrogens is 379 g/mol. The fraction of sp³-hybridized carbons (Fsp3) is 0.389. The highest BCUT2D eigenvalue weighted by Gasteiger charge is 2.36. The summed E-state index contributed by atoms with van der Waals surface area (Å²) in [5, 5.41) is 1.22. The number of rotatable bonds is 4. The van der Waals surface area contributed by atoms with Crippen molar-refractivity contribution in [2.75, 3.05) is 11.4 Å². The molecule has 1 saturated carbocycles. The summed E-state index contributed by atoms with van der Waals surface area (Å²) in [6.07, 6.45) is 5.18. The number of hydrogen-bond donors (Lipinski definition) is 1. The zero-order valence-electron chi connectivity index (χ0n) is 14.3. The van der Waals surface area contributed by atoms with Gasteiger partial charge >= 0.3 is 6.18 Å². The SMILES string of the molecule is FC(F)(F)CN(c1cncc(-c2c[nH]c3ncc(Cl)cc23)n1)C1CCCC1. The molecule has 1 N–H and O–H groups in total. The van der Waals surface area contributed by atoms with Gasteiger partial charge < -0.3 is 9.88 Å². The van der Waals surface area contributed by atoms with Crippen molar-refractivity contribution in [3.8, 4) is 11.3 Å². The van der Waals surface area contributed by atoms with Crippen LogP contribution in [0.3, 0.4) is 0 Å². The molecule has 0 saturated heterocycles. The first kappa shape index (κ1) is 18.0. The molecule has 0 aliphatic heterocycles. The minimum atomic E-state index is -4.31. The number of alkyl halides is 3. The number of anilines is 1. The third-order valence-electron chi connectivity index (χ3n) is 4.80. The third kappa shape index (κ3) is 3.85. The minimum absolute atomic E-state index is 0.171. The highest BCUT2D eigenvalue weighted by atomic mass is 35.5. The fourth-order valence-corrected chi connectivity index (χ4v) is 3.78. The van der Waals surface area contributed by atoms with E-state index in [0.29, 0.717) is 21.9 Å². The smallest absolute Gasteiger partial charge is 0.345 e. The van der Waals surface area contributed by atoms with E-state index in [1.807, 2.05) is 0 Å². The van der Waals surface area contributed by atoms with E-state index in [0.717, 1.165) is 31.1 Å². The highest BCUT2D eigenvalue weighted by Crippen LogP contribution is 2.33. The Hall–Kier alpha value is -2.35. The second kappa shape index (κ2) is 6.99. The van der Waals surface area contributed by atoms with Gasteiger partial charge in [0, 0.05) is 29.4 Å². The van der Waals surface area contributed by atoms with Crippen molar-refractivity contribution in [3.05, 3.63) is 35.9 Å². The number of pyridine rings is 1. The molecule has 27 heavy (non-hydrogen) atoms. The Morgan fingerprint density at radius 3 is 2.70 bits per heavy atom. The van der Waals surface area contributed by atoms with Crippen LogP contribution in [0.25, 0.3) is 22.3 Å². The van der Waals surface area contributed by atoms with Crippen LogP contribution < -0.4 is 4.90 Å². The summed E-state index contributed by atoms with van der Waals surface area (Å²) in [4.78, 5) is 17.2. The average molecular weight is 396 g/mol. The second-order valence-corrected chi connectivity index (χ2v) is 7.13. The van der Waals surface area contributed by atoms with Crippen LogP contribution in [0, 0.1) is 0 Å². The Morgan fingerprint density at radius 1 is 1.19 bits per heavy atom. The lowest BCUT2D eigenvalue weighted by Gasteiger charge is -2.30. The zero-order valence-corrected chi connectivity index (χ0v) is 15.1. The number of fused-ring (bicyclic) bond motifs is 1. The van der Waals surface area contributed by atoms with E-state index in [1.54, 1.807) is 12.3 Å². The third-order valence-corrected chi connectivity index (χ3v) is 5.01. The predicted molar refractivity (Wildman–Crippen MR) is 97.8 cm³/mol. The van der Waals surface area contributed by atoms with Crippen molar-refractivity contribution in [1.82, 2.24) is 19.9 Å². The summed E-state index contributed by atoms with van der Waals surface area (Å²) in [6.45, 7) is -1.03. The van der Waals surface area contributed by atoms with E-state index in [9.17, 15) is 13.2 Å². The molecule has 0 unspecified atom stereocenters. The van der Waals surface area contributed by atoms with Crippen LogP contribution in [-0.4, -0.2) is 38.7 Å². The van der Waals surface area contributed by atoms with E-state index in [1.165, 1.54) is 23.5 Å². The lowest BCUT2D eigenvalue weighted by Crippen LogP contribution is -2.41. The topological polar surface area (TPSA) is 57.7 Å². The zero-order chi connectivity index (χ0) is 19.0. The van der Waals surface area contributed by atoms with Crippen LogP contribution >= 0.6 is 11.6 Å². The van der Waals surface area contributed by atoms with Gasteiger partial charge in [0.25, 0.3) is 0 Å². The number of aromatic nitrogens is 4. The number of H-pyrrole nitrogens is 1. The van der Waals surface area contributed by atoms with Crippen molar-refractivity contribution >= 4 is 28.5 Å². The van der Waals surface area contributed by atoms with E-state index < -0.39 is 12.7 Å². The van der Waals surface area contributed by atoms with Gasteiger partial charge in [-0.25, -0.2) is 9.97 Å². The molecule has 0 amide bonds. The Morgan fingerprint density at radius 2 is 1.96 bits per heavy atom. The Labute approximate surface area is 158 Å². The highest BCUT2D eigenvalue weighted by molar-refractivity contribution is 6.31. The van der Waals surface area contributed by atoms with E-state index >= 15 is 0 Å². The number of halogens is 4. The van der Waals surface area contributed by atoms with Crippen molar-refractivity contribution in [3.63, 3.8) is 0 Å². The van der Waals surface area contributed by atoms with Gasteiger partial charge in [0.1, 0.15) is 18.0 Å². The van der Waals surface area contributed by atoms with Crippen molar-refractivity contribution in [2.24, 2.45) is 0 Å². The molecule has 0 spiro atoms. The maximum atomic E-state index is 13.2. The van der Waals surface area contributed by atoms with Gasteiger partial charge in [-0.2, -0.15) is 13.2 Å². The predicted octanol–water partition coefficient (Wildman–Crippen LogP) is 4.98. The van der Waals surface area contributed by atoms with Crippen LogP contribution in [0.4, 0.5) is 19.0 Å². The first-order chi connectivity index (χ1) is 12.9. The lowest BCUT2D eigenvalue weighted by molar-refractivity contribution is -0.120. The number of hydrogen-bond acceptors (Lipinski definition) is 4. The normalized spacial score (nSPS) is 15.6. The van der Waals surface area contributed by atoms with Crippen LogP contribution in [0.1, 0.15) is 25.7 Å². The summed E-state index contributed by atoms with van der Waals surface area (Å²) < 4.78 is 39.5. The van der Waals surface area contributed by atoms with Crippen LogP contribution in [0.5, 0.6) is 0 Å². The van der Waals surface area contributed by atoms with E-state index in [2.05, 4.69) is 19.9 Å². The molecular formula is C18H17ClF3N5. The van der Waals surface area contributed by atoms with Crippen LogP contribution in [-0.2, 0) is 0 Å². The quantitative estimate of drug-likeness (QED) is 0.676. The molecule has 3 aromatic heterocycles. The molecule has 0 bridgehead atoms. The van der Waals surface area contributed by atoms with Crippen molar-refractivity contribution in [2.45, 2.75) is 37.9 Å². The van der Waals surface area contributed by atoms with Gasteiger partial charge in [0.05, 0.1) is 23.1 Å². The Balaban J connectivity index is 1.74. The van der Waals surface area contributed by atoms with E-state index in [-0.39, 0.29) is 11.9 Å². The molecule has 4 rings (SSSR count). The lowest BCUT2D eigenvalue weighted by atomic mass is 10.1. The molecule has 9 heteroatoms. The monoisotopic (exact) mass is 395 g/mol. The van der Waals surface area contributed by atoms with Gasteiger partial charge in [-0.1, -0.05) is 24.4 Å². The molecule has 0 atom stereocenters. The largest absolute Gasteiger partial charge is 0.405 e. The van der Waals surface area contributed by atoms with Gasteiger partial charge in [0.15, 0.2) is 0 Å². The Kier molecular flexibility index (Phi) is 4.67. The molecule has 3 heterocycles. The van der Waals surface area contributed by atoms with Crippen molar-refractivity contribution in [1.29, 1.82) is 0 Å². The minimum Gasteiger partial charge on any atom is -0.345 e. The molecule has 1 aliphatic carbocycles. The maximum Gasteiger partial charge on any atom is 0.405 e. The molecule has 142 valence electrons. The van der Waals surface area contributed by atoms with Gasteiger partial charge in [-0.15, -0.1) is 0 Å². The van der Waals surface area contributed by atoms with Gasteiger partial charge in [0.2, 0.25) is 0 Å². The van der Waals surface area contributed by atoms with Crippen LogP contribution in [0.15, 0.2) is 30.9 Å². The Bertz CT molecular complexity index is 950. The summed E-state index contributed by atoms with van der Waals surface area (Å²) >= 11 is 6.03. The molecule has 1 fully saturated rings. The first-order valence-electron chi connectivity index (χ1n) is 8.69. The molecule has 5 nitrogen and oxygen atoms in total. The summed E-state index contributed by atoms with van der Waals surface area (Å²) in [6, 6.07) is 1.57. The summed E-state index contributed by atoms with van der Waals surface area (Å²) in [5.41, 5.74) is 1.81. The molecule has 0 radical (unpaired) electrons. The standard InChI is InChI=1S/C18H17ClF3N5/c19-11-5-13-14(7-25-17(13)24-6-11)15-8-23-9-16(26-15)27(10-18(20,21)22)12-3-1-2-4-12/h5-9,12H,1-4,10H2,(H,24,25). The molecule has 3 aromatic rings. The molecule has 1 aliphatic rings. The second-order valence-electron chi connectivity index (χ2n) is 6.70. The molecule has 0 aromatic carbocycles. The van der Waals surface area contributed by atoms with Crippen molar-refractivity contribution < 1.29 is 13.2 Å². The number of aromatic amines is 1. The average Bonchev–Trinajstić information content (AvgIpc) is 3.28. The summed E-state index contributed by atoms with van der Waals surface area (Å²) in [5.74, 6) is 0.237. The van der Waals surface area contributed by atoms with Gasteiger partial charge in [-0.05, 0) is 18.9 Å². The number of nitrogens with zero attached hydrogens (tertiary/aromatic N) is 4. The first-order valence-corrected chi connectivity index (χ1v) is 9.07. The van der Waals surface area contributed by atoms with Crippen LogP contribution in [0.2, 0.25) is 5.02 Å². The maximum absolute atomic E-state index is 13.2. The number of nitrogens with one attached hydrogen (secondary N) is 1. The summed E-state index contributed by atoms with van der Waals surface area (Å²) in [7, 11) is 0. The van der Waals surface area contributed by atoms with E-state index in [4.69, 9.17) is 11.6 Å².